The molecule has 1 aromatic rings. The van der Waals surface area contributed by atoms with Crippen LogP contribution in [0.1, 0.15) is 57.6 Å². The minimum Gasteiger partial charge on any atom is -0.354 e. The monoisotopic (exact) mass is 445 g/mol. The summed E-state index contributed by atoms with van der Waals surface area (Å²) < 4.78 is 0. The molecule has 9 nitrogen and oxygen atoms in total. The topological polar surface area (TPSA) is 142 Å². The van der Waals surface area contributed by atoms with Crippen LogP contribution in [0.25, 0.3) is 0 Å². The van der Waals surface area contributed by atoms with Crippen LogP contribution >= 0.6 is 0 Å². The van der Waals surface area contributed by atoms with Crippen LogP contribution in [0.5, 0.6) is 0 Å². The van der Waals surface area contributed by atoms with Crippen molar-refractivity contribution in [1.29, 1.82) is 0 Å². The van der Waals surface area contributed by atoms with Crippen molar-refractivity contribution in [3.8, 4) is 0 Å². The van der Waals surface area contributed by atoms with Crippen molar-refractivity contribution in [2.75, 3.05) is 13.1 Å². The van der Waals surface area contributed by atoms with E-state index in [9.17, 15) is 19.2 Å². The van der Waals surface area contributed by atoms with Crippen molar-refractivity contribution in [3.63, 3.8) is 0 Å². The Hall–Kier alpha value is -2.94. The summed E-state index contributed by atoms with van der Waals surface area (Å²) >= 11 is 0. The molecule has 9 heteroatoms. The van der Waals surface area contributed by atoms with Gasteiger partial charge in [-0.1, -0.05) is 44.2 Å². The predicted molar refractivity (Wildman–Crippen MR) is 121 cm³/mol. The first kappa shape index (κ1) is 25.3. The Kier molecular flexibility index (Phi) is 10.1. The van der Waals surface area contributed by atoms with E-state index in [1.165, 1.54) is 0 Å². The average Bonchev–Trinajstić information content (AvgIpc) is 2.79. The van der Waals surface area contributed by atoms with Gasteiger partial charge in [-0.25, -0.2) is 0 Å². The van der Waals surface area contributed by atoms with Gasteiger partial charge in [0, 0.05) is 12.5 Å². The largest absolute Gasteiger partial charge is 0.354 e. The highest BCUT2D eigenvalue weighted by Gasteiger charge is 2.30. The van der Waals surface area contributed by atoms with E-state index in [2.05, 4.69) is 21.3 Å². The fourth-order valence-electron chi connectivity index (χ4n) is 3.53. The smallest absolute Gasteiger partial charge is 0.247 e. The number of benzene rings is 1. The van der Waals surface area contributed by atoms with E-state index in [-0.39, 0.29) is 18.4 Å². The molecule has 6 N–H and O–H groups in total. The summed E-state index contributed by atoms with van der Waals surface area (Å²) in [4.78, 5) is 51.4. The minimum absolute atomic E-state index is 0.263. The molecule has 1 saturated heterocycles. The molecule has 1 aromatic carbocycles. The van der Waals surface area contributed by atoms with E-state index in [0.29, 0.717) is 37.8 Å². The van der Waals surface area contributed by atoms with Crippen molar-refractivity contribution in [1.82, 2.24) is 21.3 Å². The maximum Gasteiger partial charge on any atom is 0.247 e. The van der Waals surface area contributed by atoms with Crippen LogP contribution < -0.4 is 27.0 Å². The molecule has 0 saturated carbocycles. The van der Waals surface area contributed by atoms with Gasteiger partial charge < -0.3 is 27.0 Å². The van der Waals surface area contributed by atoms with Gasteiger partial charge in [0.05, 0.1) is 0 Å². The summed E-state index contributed by atoms with van der Waals surface area (Å²) in [6.07, 6.45) is 2.58. The molecule has 176 valence electrons. The summed E-state index contributed by atoms with van der Waals surface area (Å²) in [5, 5.41) is 11.1. The van der Waals surface area contributed by atoms with Crippen LogP contribution in [-0.4, -0.2) is 48.8 Å². The van der Waals surface area contributed by atoms with Gasteiger partial charge in [-0.05, 0) is 44.2 Å². The molecule has 4 amide bonds. The molecular weight excluding hydrogens is 410 g/mol. The second-order valence-electron chi connectivity index (χ2n) is 8.15. The molecule has 2 rings (SSSR count). The fraction of sp³-hybridized carbons (Fsp3) is 0.565. The molecule has 0 aliphatic carbocycles. The number of hydrogen-bond donors (Lipinski definition) is 5. The van der Waals surface area contributed by atoms with Crippen molar-refractivity contribution in [2.45, 2.75) is 64.1 Å². The second kappa shape index (κ2) is 12.8. The highest BCUT2D eigenvalue weighted by Crippen LogP contribution is 2.14. The molecule has 0 aromatic heterocycles. The number of unbranched alkanes of at least 4 members (excludes halogenated alkanes) is 1. The van der Waals surface area contributed by atoms with Gasteiger partial charge in [-0.2, -0.15) is 0 Å². The van der Waals surface area contributed by atoms with E-state index < -0.39 is 35.9 Å². The van der Waals surface area contributed by atoms with Gasteiger partial charge in [0.25, 0.3) is 0 Å². The molecule has 0 bridgehead atoms. The lowest BCUT2D eigenvalue weighted by molar-refractivity contribution is -0.135. The number of carbonyl (C=O) groups is 4. The first-order chi connectivity index (χ1) is 15.4. The fourth-order valence-corrected chi connectivity index (χ4v) is 3.53. The third-order valence-corrected chi connectivity index (χ3v) is 5.63. The Morgan fingerprint density at radius 3 is 2.19 bits per heavy atom. The Morgan fingerprint density at radius 2 is 1.53 bits per heavy atom. The SMILES string of the molecule is CC[C@@H]1NC(=O)[C@H](CCCCN)NC(=O)[C@@H](C)CCNC(=O)[C@@H](c2ccccc2)NC1=O. The first-order valence-electron chi connectivity index (χ1n) is 11.3. The van der Waals surface area contributed by atoms with Gasteiger partial charge in [-0.15, -0.1) is 0 Å². The number of nitrogens with two attached hydrogens (primary N) is 1. The van der Waals surface area contributed by atoms with Crippen LogP contribution in [0, 0.1) is 5.92 Å². The number of nitrogens with one attached hydrogen (secondary N) is 4. The second-order valence-corrected chi connectivity index (χ2v) is 8.15. The van der Waals surface area contributed by atoms with E-state index in [4.69, 9.17) is 5.73 Å². The normalized spacial score (nSPS) is 25.7. The number of carbonyl (C=O) groups excluding carboxylic acids is 4. The summed E-state index contributed by atoms with van der Waals surface area (Å²) in [5.41, 5.74) is 6.19. The van der Waals surface area contributed by atoms with Crippen molar-refractivity contribution < 1.29 is 19.2 Å². The molecule has 1 aliphatic rings. The molecule has 4 atom stereocenters. The standard InChI is InChI=1S/C23H35N5O4/c1-3-17-21(30)28-19(16-9-5-4-6-10-16)23(32)25-14-12-15(2)20(29)27-18(22(31)26-17)11-7-8-13-24/h4-6,9-10,15,17-19H,3,7-8,11-14,24H2,1-2H3,(H,25,32)(H,26,31)(H,27,29)(H,28,30)/t15-,17-,18-,19+/m0/s1. The lowest BCUT2D eigenvalue weighted by Gasteiger charge is -2.26. The highest BCUT2D eigenvalue weighted by molar-refractivity contribution is 5.94. The predicted octanol–water partition coefficient (Wildman–Crippen LogP) is 0.509. The lowest BCUT2D eigenvalue weighted by Crippen LogP contribution is -2.55. The van der Waals surface area contributed by atoms with E-state index in [0.717, 1.165) is 6.42 Å². The Balaban J connectivity index is 2.28. The maximum absolute atomic E-state index is 13.0. The van der Waals surface area contributed by atoms with Crippen LogP contribution in [-0.2, 0) is 19.2 Å². The highest BCUT2D eigenvalue weighted by atomic mass is 16.2. The Morgan fingerprint density at radius 1 is 0.875 bits per heavy atom. The van der Waals surface area contributed by atoms with Gasteiger partial charge in [0.15, 0.2) is 0 Å². The van der Waals surface area contributed by atoms with Crippen LogP contribution in [0.3, 0.4) is 0 Å². The van der Waals surface area contributed by atoms with Gasteiger partial charge >= 0.3 is 0 Å². The molecule has 1 aliphatic heterocycles. The summed E-state index contributed by atoms with van der Waals surface area (Å²) in [5.74, 6) is -1.89. The maximum atomic E-state index is 13.0. The lowest BCUT2D eigenvalue weighted by atomic mass is 10.0. The Bertz CT molecular complexity index is 786. The summed E-state index contributed by atoms with van der Waals surface area (Å²) in [7, 11) is 0. The summed E-state index contributed by atoms with van der Waals surface area (Å²) in [6, 6.07) is 6.44. The first-order valence-corrected chi connectivity index (χ1v) is 11.3. The molecule has 0 radical (unpaired) electrons. The minimum atomic E-state index is -0.901. The number of rotatable bonds is 6. The zero-order valence-electron chi connectivity index (χ0n) is 18.9. The quantitative estimate of drug-likeness (QED) is 0.406. The third kappa shape index (κ3) is 7.33. The van der Waals surface area contributed by atoms with Gasteiger partial charge in [0.2, 0.25) is 23.6 Å². The molecule has 1 fully saturated rings. The molecule has 1 heterocycles. The van der Waals surface area contributed by atoms with E-state index in [1.54, 1.807) is 38.1 Å². The van der Waals surface area contributed by atoms with E-state index in [1.807, 2.05) is 6.07 Å². The van der Waals surface area contributed by atoms with Crippen LogP contribution in [0.15, 0.2) is 30.3 Å². The number of hydrogen-bond acceptors (Lipinski definition) is 5. The number of amides is 4. The molecular formula is C23H35N5O4. The van der Waals surface area contributed by atoms with Gasteiger partial charge in [-0.3, -0.25) is 19.2 Å². The zero-order valence-corrected chi connectivity index (χ0v) is 18.9. The third-order valence-electron chi connectivity index (χ3n) is 5.63. The van der Waals surface area contributed by atoms with Crippen molar-refractivity contribution in [2.24, 2.45) is 11.7 Å². The van der Waals surface area contributed by atoms with Crippen molar-refractivity contribution in [3.05, 3.63) is 35.9 Å². The van der Waals surface area contributed by atoms with Crippen LogP contribution in [0.4, 0.5) is 0 Å². The van der Waals surface area contributed by atoms with E-state index >= 15 is 0 Å². The average molecular weight is 446 g/mol. The molecule has 32 heavy (non-hydrogen) atoms. The van der Waals surface area contributed by atoms with Gasteiger partial charge in [0.1, 0.15) is 18.1 Å². The summed E-state index contributed by atoms with van der Waals surface area (Å²) in [6.45, 7) is 4.30. The van der Waals surface area contributed by atoms with Crippen LogP contribution in [0.2, 0.25) is 0 Å². The molecule has 0 spiro atoms. The molecule has 0 unspecified atom stereocenters. The van der Waals surface area contributed by atoms with Crippen molar-refractivity contribution >= 4 is 23.6 Å². The zero-order chi connectivity index (χ0) is 23.5. The Labute approximate surface area is 189 Å².